The van der Waals surface area contributed by atoms with Crippen LogP contribution in [-0.2, 0) is 6.54 Å². The van der Waals surface area contributed by atoms with Gasteiger partial charge in [0.15, 0.2) is 0 Å². The van der Waals surface area contributed by atoms with Crippen LogP contribution in [0.15, 0.2) is 24.3 Å². The molecule has 2 N–H and O–H groups in total. The van der Waals surface area contributed by atoms with Gasteiger partial charge in [-0.25, -0.2) is 4.79 Å². The number of carbonyl (C=O) groups excluding carboxylic acids is 1. The van der Waals surface area contributed by atoms with Crippen LogP contribution < -0.4 is 5.32 Å². The Morgan fingerprint density at radius 2 is 1.92 bits per heavy atom. The molecule has 1 saturated heterocycles. The molecule has 0 aromatic heterocycles. The van der Waals surface area contributed by atoms with Gasteiger partial charge in [-0.1, -0.05) is 12.1 Å². The van der Waals surface area contributed by atoms with E-state index in [4.69, 9.17) is 0 Å². The van der Waals surface area contributed by atoms with Gasteiger partial charge in [0.2, 0.25) is 0 Å². The second kappa shape index (κ2) is 7.24. The van der Waals surface area contributed by atoms with Crippen molar-refractivity contribution in [3.63, 3.8) is 0 Å². The third kappa shape index (κ3) is 4.88. The number of hydrogen-bond acceptors (Lipinski definition) is 3. The number of urea groups is 1. The molecule has 1 aliphatic heterocycles. The van der Waals surface area contributed by atoms with Crippen LogP contribution in [0.25, 0.3) is 0 Å². The molecule has 1 aromatic carbocycles. The fraction of sp³-hybridized carbons (Fsp3) is 0.650. The number of phenols is 1. The summed E-state index contributed by atoms with van der Waals surface area (Å²) in [6.07, 6.45) is 3.33. The summed E-state index contributed by atoms with van der Waals surface area (Å²) in [6.45, 7) is 10.3. The zero-order valence-corrected chi connectivity index (χ0v) is 15.7. The Bertz CT molecular complexity index is 590. The molecule has 1 heterocycles. The summed E-state index contributed by atoms with van der Waals surface area (Å²) in [5.41, 5.74) is 1.26. The standard InChI is InChI=1S/C20H31N3O2/c1-20(2,3)22-11-10-16(13-22)12-21-19(25)23(17-6-7-17)14-15-4-8-18(24)9-5-15/h4-5,8-9,16-17,24H,6-7,10-14H2,1-3H3,(H,21,25)/t16-/m0/s1. The van der Waals surface area contributed by atoms with Crippen LogP contribution in [0.2, 0.25) is 0 Å². The van der Waals surface area contributed by atoms with Crippen molar-refractivity contribution in [2.75, 3.05) is 19.6 Å². The maximum atomic E-state index is 12.7. The first-order chi connectivity index (χ1) is 11.8. The number of carbonyl (C=O) groups is 1. The van der Waals surface area contributed by atoms with Crippen LogP contribution in [-0.4, -0.2) is 52.2 Å². The molecular formula is C20H31N3O2. The van der Waals surface area contributed by atoms with E-state index in [0.717, 1.165) is 44.5 Å². The fourth-order valence-corrected chi connectivity index (χ4v) is 3.49. The number of nitrogens with zero attached hydrogens (tertiary/aromatic N) is 2. The molecule has 1 aliphatic carbocycles. The normalized spacial score (nSPS) is 21.3. The van der Waals surface area contributed by atoms with E-state index in [0.29, 0.717) is 18.5 Å². The molecule has 1 aromatic rings. The third-order valence-corrected chi connectivity index (χ3v) is 5.31. The number of phenolic OH excluding ortho intramolecular Hbond substituents is 1. The molecular weight excluding hydrogens is 314 g/mol. The highest BCUT2D eigenvalue weighted by molar-refractivity contribution is 5.75. The first-order valence-corrected chi connectivity index (χ1v) is 9.40. The molecule has 138 valence electrons. The number of benzene rings is 1. The van der Waals surface area contributed by atoms with Gasteiger partial charge in [-0.05, 0) is 70.2 Å². The minimum Gasteiger partial charge on any atom is -0.508 e. The Morgan fingerprint density at radius 3 is 2.48 bits per heavy atom. The van der Waals surface area contributed by atoms with E-state index >= 15 is 0 Å². The molecule has 3 rings (SSSR count). The molecule has 5 heteroatoms. The zero-order chi connectivity index (χ0) is 18.0. The number of hydrogen-bond donors (Lipinski definition) is 2. The molecule has 2 amide bonds. The molecule has 2 fully saturated rings. The van der Waals surface area contributed by atoms with Crippen molar-refractivity contribution in [2.24, 2.45) is 5.92 Å². The summed E-state index contributed by atoms with van der Waals surface area (Å²) in [7, 11) is 0. The van der Waals surface area contributed by atoms with Gasteiger partial charge in [-0.2, -0.15) is 0 Å². The molecule has 0 bridgehead atoms. The second-order valence-electron chi connectivity index (χ2n) is 8.48. The van der Waals surface area contributed by atoms with Crippen LogP contribution in [0.5, 0.6) is 5.75 Å². The van der Waals surface area contributed by atoms with E-state index < -0.39 is 0 Å². The summed E-state index contributed by atoms with van der Waals surface area (Å²) < 4.78 is 0. The number of amides is 2. The first-order valence-electron chi connectivity index (χ1n) is 9.40. The average molecular weight is 345 g/mol. The summed E-state index contributed by atoms with van der Waals surface area (Å²) >= 11 is 0. The Hall–Kier alpha value is -1.75. The van der Waals surface area contributed by atoms with E-state index in [9.17, 15) is 9.90 Å². The van der Waals surface area contributed by atoms with Gasteiger partial charge in [0.05, 0.1) is 0 Å². The van der Waals surface area contributed by atoms with Gasteiger partial charge in [0, 0.05) is 31.2 Å². The lowest BCUT2D eigenvalue weighted by molar-refractivity contribution is 0.166. The minimum atomic E-state index is 0.0461. The van der Waals surface area contributed by atoms with Crippen molar-refractivity contribution >= 4 is 6.03 Å². The van der Waals surface area contributed by atoms with Crippen molar-refractivity contribution in [1.82, 2.24) is 15.1 Å². The molecule has 1 saturated carbocycles. The molecule has 0 spiro atoms. The van der Waals surface area contributed by atoms with Crippen molar-refractivity contribution in [3.05, 3.63) is 29.8 Å². The number of nitrogens with one attached hydrogen (secondary N) is 1. The van der Waals surface area contributed by atoms with Crippen molar-refractivity contribution in [1.29, 1.82) is 0 Å². The van der Waals surface area contributed by atoms with Crippen LogP contribution >= 0.6 is 0 Å². The minimum absolute atomic E-state index is 0.0461. The first kappa shape index (κ1) is 18.1. The SMILES string of the molecule is CC(C)(C)N1CC[C@@H](CNC(=O)N(Cc2ccc(O)cc2)C2CC2)C1. The molecule has 5 nitrogen and oxygen atoms in total. The highest BCUT2D eigenvalue weighted by atomic mass is 16.3. The van der Waals surface area contributed by atoms with Crippen LogP contribution in [0.1, 0.15) is 45.6 Å². The average Bonchev–Trinajstić information content (AvgIpc) is 3.27. The maximum absolute atomic E-state index is 12.7. The molecule has 0 radical (unpaired) electrons. The Balaban J connectivity index is 1.51. The van der Waals surface area contributed by atoms with Crippen molar-refractivity contribution in [3.8, 4) is 5.75 Å². The fourth-order valence-electron chi connectivity index (χ4n) is 3.49. The highest BCUT2D eigenvalue weighted by Crippen LogP contribution is 2.29. The molecule has 0 unspecified atom stereocenters. The number of likely N-dealkylation sites (tertiary alicyclic amines) is 1. The quantitative estimate of drug-likeness (QED) is 0.862. The van der Waals surface area contributed by atoms with Crippen LogP contribution in [0, 0.1) is 5.92 Å². The molecule has 25 heavy (non-hydrogen) atoms. The van der Waals surface area contributed by atoms with Gasteiger partial charge in [0.1, 0.15) is 5.75 Å². The Kier molecular flexibility index (Phi) is 5.23. The largest absolute Gasteiger partial charge is 0.508 e. The summed E-state index contributed by atoms with van der Waals surface area (Å²) in [5.74, 6) is 0.800. The lowest BCUT2D eigenvalue weighted by Crippen LogP contribution is -2.44. The van der Waals surface area contributed by atoms with Crippen LogP contribution in [0.4, 0.5) is 4.79 Å². The van der Waals surface area contributed by atoms with Gasteiger partial charge in [-0.15, -0.1) is 0 Å². The number of aromatic hydroxyl groups is 1. The number of rotatable bonds is 5. The van der Waals surface area contributed by atoms with Crippen molar-refractivity contribution < 1.29 is 9.90 Å². The lowest BCUT2D eigenvalue weighted by atomic mass is 10.1. The van der Waals surface area contributed by atoms with E-state index in [1.807, 2.05) is 17.0 Å². The summed E-state index contributed by atoms with van der Waals surface area (Å²) in [6, 6.07) is 7.54. The van der Waals surface area contributed by atoms with Gasteiger partial charge >= 0.3 is 6.03 Å². The maximum Gasteiger partial charge on any atom is 0.317 e. The van der Waals surface area contributed by atoms with Gasteiger partial charge < -0.3 is 15.3 Å². The van der Waals surface area contributed by atoms with Gasteiger partial charge in [-0.3, -0.25) is 4.90 Å². The van der Waals surface area contributed by atoms with E-state index in [-0.39, 0.29) is 17.3 Å². The zero-order valence-electron chi connectivity index (χ0n) is 15.7. The van der Waals surface area contributed by atoms with Crippen LogP contribution in [0.3, 0.4) is 0 Å². The predicted molar refractivity (Wildman–Crippen MR) is 99.5 cm³/mol. The van der Waals surface area contributed by atoms with E-state index in [1.165, 1.54) is 0 Å². The predicted octanol–water partition coefficient (Wildman–Crippen LogP) is 3.19. The monoisotopic (exact) mass is 345 g/mol. The smallest absolute Gasteiger partial charge is 0.317 e. The topological polar surface area (TPSA) is 55.8 Å². The van der Waals surface area contributed by atoms with Crippen molar-refractivity contribution in [2.45, 2.75) is 58.2 Å². The third-order valence-electron chi connectivity index (χ3n) is 5.31. The Labute approximate surface area is 151 Å². The summed E-state index contributed by atoms with van der Waals surface area (Å²) in [4.78, 5) is 17.1. The second-order valence-corrected chi connectivity index (χ2v) is 8.48. The Morgan fingerprint density at radius 1 is 1.24 bits per heavy atom. The lowest BCUT2D eigenvalue weighted by Gasteiger charge is -2.31. The van der Waals surface area contributed by atoms with E-state index in [1.54, 1.807) is 12.1 Å². The van der Waals surface area contributed by atoms with Gasteiger partial charge in [0.25, 0.3) is 0 Å². The highest BCUT2D eigenvalue weighted by Gasteiger charge is 2.34. The molecule has 1 atom stereocenters. The van der Waals surface area contributed by atoms with E-state index in [2.05, 4.69) is 31.0 Å². The summed E-state index contributed by atoms with van der Waals surface area (Å²) in [5, 5.41) is 12.6. The molecule has 2 aliphatic rings.